The summed E-state index contributed by atoms with van der Waals surface area (Å²) >= 11 is 6.18. The van der Waals surface area contributed by atoms with Crippen LogP contribution in [0.25, 0.3) is 5.65 Å². The summed E-state index contributed by atoms with van der Waals surface area (Å²) in [5.41, 5.74) is 1.82. The molecule has 0 aliphatic carbocycles. The van der Waals surface area contributed by atoms with Gasteiger partial charge in [0.2, 0.25) is 0 Å². The molecule has 0 radical (unpaired) electrons. The quantitative estimate of drug-likeness (QED) is 0.758. The third-order valence-electron chi connectivity index (χ3n) is 3.14. The van der Waals surface area contributed by atoms with Gasteiger partial charge in [0.1, 0.15) is 5.82 Å². The van der Waals surface area contributed by atoms with Crippen LogP contribution in [0.2, 0.25) is 5.02 Å². The second-order valence-corrected chi connectivity index (χ2v) is 5.02. The van der Waals surface area contributed by atoms with Crippen LogP contribution in [0.1, 0.15) is 12.5 Å². The summed E-state index contributed by atoms with van der Waals surface area (Å²) in [5.74, 6) is 1.54. The molecule has 21 heavy (non-hydrogen) atoms. The fourth-order valence-corrected chi connectivity index (χ4v) is 2.34. The molecular weight excluding hydrogens is 286 g/mol. The van der Waals surface area contributed by atoms with Crippen molar-refractivity contribution >= 4 is 28.9 Å². The molecule has 0 atom stereocenters. The first-order valence-electron chi connectivity index (χ1n) is 6.83. The molecule has 2 heterocycles. The summed E-state index contributed by atoms with van der Waals surface area (Å²) < 4.78 is 1.94. The lowest BCUT2D eigenvalue weighted by molar-refractivity contribution is 1.05. The number of nitrogens with zero attached hydrogens (tertiary/aromatic N) is 3. The molecule has 0 saturated heterocycles. The highest BCUT2D eigenvalue weighted by atomic mass is 35.5. The van der Waals surface area contributed by atoms with E-state index in [-0.39, 0.29) is 0 Å². The number of benzene rings is 1. The molecule has 2 aromatic heterocycles. The molecule has 0 spiro atoms. The van der Waals surface area contributed by atoms with E-state index in [1.807, 2.05) is 48.0 Å². The summed E-state index contributed by atoms with van der Waals surface area (Å²) in [6.07, 6.45) is 5.58. The lowest BCUT2D eigenvalue weighted by atomic mass is 10.2. The molecule has 0 aliphatic rings. The van der Waals surface area contributed by atoms with Crippen LogP contribution in [0.5, 0.6) is 0 Å². The summed E-state index contributed by atoms with van der Waals surface area (Å²) in [6.45, 7) is 3.46. The van der Waals surface area contributed by atoms with Crippen LogP contribution in [0.15, 0.2) is 42.9 Å². The average Bonchev–Trinajstić information content (AvgIpc) is 2.95. The minimum atomic E-state index is 0.602. The van der Waals surface area contributed by atoms with Crippen LogP contribution in [0.4, 0.5) is 11.6 Å². The number of anilines is 2. The summed E-state index contributed by atoms with van der Waals surface area (Å²) in [4.78, 5) is 8.89. The van der Waals surface area contributed by atoms with Crippen molar-refractivity contribution < 1.29 is 0 Å². The lowest BCUT2D eigenvalue weighted by Gasteiger charge is -2.11. The molecule has 3 aromatic rings. The van der Waals surface area contributed by atoms with Crippen LogP contribution >= 0.6 is 11.6 Å². The summed E-state index contributed by atoms with van der Waals surface area (Å²) in [6, 6.07) is 7.76. The van der Waals surface area contributed by atoms with Gasteiger partial charge >= 0.3 is 0 Å². The SMILES string of the molecule is CCNc1cn2ccnc2c(NCc2ccccc2Cl)n1. The Morgan fingerprint density at radius 2 is 2.10 bits per heavy atom. The van der Waals surface area contributed by atoms with E-state index in [4.69, 9.17) is 11.6 Å². The van der Waals surface area contributed by atoms with Gasteiger partial charge in [0.05, 0.1) is 6.20 Å². The highest BCUT2D eigenvalue weighted by Crippen LogP contribution is 2.20. The maximum absolute atomic E-state index is 6.18. The van der Waals surface area contributed by atoms with Gasteiger partial charge in [-0.05, 0) is 18.6 Å². The van der Waals surface area contributed by atoms with Gasteiger partial charge in [-0.15, -0.1) is 0 Å². The van der Waals surface area contributed by atoms with Gasteiger partial charge in [-0.3, -0.25) is 0 Å². The normalized spacial score (nSPS) is 10.8. The zero-order chi connectivity index (χ0) is 14.7. The number of halogens is 1. The standard InChI is InChI=1S/C15H16ClN5/c1-2-17-13-10-21-8-7-18-15(21)14(20-13)19-9-11-5-3-4-6-12(11)16/h3-8,10,17H,2,9H2,1H3,(H,19,20). The first-order chi connectivity index (χ1) is 10.3. The Balaban J connectivity index is 1.89. The minimum Gasteiger partial charge on any atom is -0.369 e. The molecular formula is C15H16ClN5. The molecule has 3 rings (SSSR count). The van der Waals surface area contributed by atoms with E-state index in [1.54, 1.807) is 6.20 Å². The van der Waals surface area contributed by atoms with Crippen molar-refractivity contribution in [2.24, 2.45) is 0 Å². The third-order valence-corrected chi connectivity index (χ3v) is 3.50. The van der Waals surface area contributed by atoms with E-state index in [0.29, 0.717) is 6.54 Å². The van der Waals surface area contributed by atoms with Crippen molar-refractivity contribution in [1.82, 2.24) is 14.4 Å². The minimum absolute atomic E-state index is 0.602. The Morgan fingerprint density at radius 1 is 1.24 bits per heavy atom. The Bertz CT molecular complexity index is 753. The van der Waals surface area contributed by atoms with E-state index in [1.165, 1.54) is 0 Å². The van der Waals surface area contributed by atoms with Gasteiger partial charge in [-0.1, -0.05) is 29.8 Å². The fourth-order valence-electron chi connectivity index (χ4n) is 2.14. The molecule has 5 nitrogen and oxygen atoms in total. The highest BCUT2D eigenvalue weighted by Gasteiger charge is 2.08. The summed E-state index contributed by atoms with van der Waals surface area (Å²) in [5, 5.41) is 7.27. The second kappa shape index (κ2) is 6.01. The topological polar surface area (TPSA) is 54.2 Å². The monoisotopic (exact) mass is 301 g/mol. The smallest absolute Gasteiger partial charge is 0.180 e. The summed E-state index contributed by atoms with van der Waals surface area (Å²) in [7, 11) is 0. The zero-order valence-corrected chi connectivity index (χ0v) is 12.4. The van der Waals surface area contributed by atoms with E-state index in [0.717, 1.165) is 34.4 Å². The van der Waals surface area contributed by atoms with Crippen molar-refractivity contribution in [1.29, 1.82) is 0 Å². The van der Waals surface area contributed by atoms with E-state index >= 15 is 0 Å². The highest BCUT2D eigenvalue weighted by molar-refractivity contribution is 6.31. The molecule has 2 N–H and O–H groups in total. The fraction of sp³-hybridized carbons (Fsp3) is 0.200. The number of nitrogens with one attached hydrogen (secondary N) is 2. The van der Waals surface area contributed by atoms with Crippen molar-refractivity contribution in [2.75, 3.05) is 17.2 Å². The second-order valence-electron chi connectivity index (χ2n) is 4.61. The number of hydrogen-bond donors (Lipinski definition) is 2. The third kappa shape index (κ3) is 2.92. The average molecular weight is 302 g/mol. The molecule has 0 saturated carbocycles. The number of hydrogen-bond acceptors (Lipinski definition) is 4. The van der Waals surface area contributed by atoms with Crippen molar-refractivity contribution in [3.8, 4) is 0 Å². The Morgan fingerprint density at radius 3 is 2.90 bits per heavy atom. The number of fused-ring (bicyclic) bond motifs is 1. The number of aromatic nitrogens is 3. The van der Waals surface area contributed by atoms with Gasteiger partial charge in [0.15, 0.2) is 11.5 Å². The predicted molar refractivity (Wildman–Crippen MR) is 85.9 cm³/mol. The van der Waals surface area contributed by atoms with E-state index < -0.39 is 0 Å². The number of imidazole rings is 1. The van der Waals surface area contributed by atoms with Gasteiger partial charge in [-0.2, -0.15) is 0 Å². The zero-order valence-electron chi connectivity index (χ0n) is 11.7. The maximum Gasteiger partial charge on any atom is 0.180 e. The molecule has 6 heteroatoms. The Labute approximate surface area is 128 Å². The Kier molecular flexibility index (Phi) is 3.92. The molecule has 0 amide bonds. The first-order valence-corrected chi connectivity index (χ1v) is 7.20. The van der Waals surface area contributed by atoms with Crippen molar-refractivity contribution in [3.05, 3.63) is 53.4 Å². The maximum atomic E-state index is 6.18. The van der Waals surface area contributed by atoms with Crippen LogP contribution in [-0.4, -0.2) is 20.9 Å². The molecule has 0 bridgehead atoms. The van der Waals surface area contributed by atoms with Gasteiger partial charge in [0, 0.05) is 30.5 Å². The first kappa shape index (κ1) is 13.7. The molecule has 0 unspecified atom stereocenters. The van der Waals surface area contributed by atoms with Gasteiger partial charge in [0.25, 0.3) is 0 Å². The van der Waals surface area contributed by atoms with Crippen LogP contribution in [0.3, 0.4) is 0 Å². The molecule has 0 fully saturated rings. The van der Waals surface area contributed by atoms with Crippen molar-refractivity contribution in [2.45, 2.75) is 13.5 Å². The van der Waals surface area contributed by atoms with Crippen LogP contribution in [0, 0.1) is 0 Å². The number of rotatable bonds is 5. The van der Waals surface area contributed by atoms with Gasteiger partial charge < -0.3 is 15.0 Å². The predicted octanol–water partition coefficient (Wildman–Crippen LogP) is 3.43. The van der Waals surface area contributed by atoms with Crippen molar-refractivity contribution in [3.63, 3.8) is 0 Å². The Hall–Kier alpha value is -2.27. The van der Waals surface area contributed by atoms with E-state index in [2.05, 4.69) is 20.6 Å². The van der Waals surface area contributed by atoms with Gasteiger partial charge in [-0.25, -0.2) is 9.97 Å². The van der Waals surface area contributed by atoms with Crippen LogP contribution < -0.4 is 10.6 Å². The van der Waals surface area contributed by atoms with E-state index in [9.17, 15) is 0 Å². The molecule has 108 valence electrons. The van der Waals surface area contributed by atoms with Crippen LogP contribution in [-0.2, 0) is 6.54 Å². The largest absolute Gasteiger partial charge is 0.369 e. The lowest BCUT2D eigenvalue weighted by Crippen LogP contribution is -2.08. The molecule has 0 aliphatic heterocycles. The molecule has 1 aromatic carbocycles.